The molecule has 1 aliphatic heterocycles. The van der Waals surface area contributed by atoms with Crippen LogP contribution in [0.2, 0.25) is 0 Å². The third-order valence-corrected chi connectivity index (χ3v) is 5.78. The summed E-state index contributed by atoms with van der Waals surface area (Å²) in [6.45, 7) is 15.0. The Balaban J connectivity index is 2.00. The van der Waals surface area contributed by atoms with Gasteiger partial charge in [0.1, 0.15) is 5.83 Å². The van der Waals surface area contributed by atoms with Crippen LogP contribution in [-0.2, 0) is 9.59 Å². The van der Waals surface area contributed by atoms with Crippen LogP contribution in [0.1, 0.15) is 46.5 Å². The monoisotopic (exact) mass is 468 g/mol. The average molecular weight is 469 g/mol. The topological polar surface area (TPSA) is 65.0 Å². The van der Waals surface area contributed by atoms with E-state index in [-0.39, 0.29) is 17.4 Å². The zero-order valence-corrected chi connectivity index (χ0v) is 20.6. The molecular weight excluding hydrogens is 431 g/mol. The number of hydrazone groups is 1. The molecule has 7 heteroatoms. The standard InChI is InChI=1S/C27H37FN4O2/c1-6-11-23(20(4)5)25(30-29-8-3)13-10-9-12-24(28)22(7-2)27(34)32-18-16-31(17-19-32)26(33)21-14-15-21/h6-9,11-12,21,29H,2-3,10,13-19H2,1,4-5H3/b11-6-,12-9-,24-22-,30-25-. The fraction of sp³-hybridized carbons (Fsp3) is 0.444. The Morgan fingerprint density at radius 2 is 1.71 bits per heavy atom. The molecule has 0 aromatic carbocycles. The molecule has 2 rings (SSSR count). The molecule has 2 fully saturated rings. The van der Waals surface area contributed by atoms with Crippen molar-refractivity contribution < 1.29 is 14.0 Å². The number of piperazine rings is 1. The van der Waals surface area contributed by atoms with Crippen molar-refractivity contribution in [2.75, 3.05) is 26.2 Å². The fourth-order valence-corrected chi connectivity index (χ4v) is 3.76. The largest absolute Gasteiger partial charge is 0.339 e. The lowest BCUT2D eigenvalue weighted by atomic mass is 10.0. The number of halogens is 1. The Morgan fingerprint density at radius 1 is 1.06 bits per heavy atom. The molecule has 184 valence electrons. The number of carbonyl (C=O) groups excluding carboxylic acids is 2. The highest BCUT2D eigenvalue weighted by Gasteiger charge is 2.35. The molecule has 0 unspecified atom stereocenters. The zero-order valence-electron chi connectivity index (χ0n) is 20.6. The summed E-state index contributed by atoms with van der Waals surface area (Å²) >= 11 is 0. The van der Waals surface area contributed by atoms with Crippen molar-refractivity contribution in [2.45, 2.75) is 46.5 Å². The van der Waals surface area contributed by atoms with Gasteiger partial charge in [-0.15, -0.1) is 0 Å². The SMILES string of the molecule is C=CN/N=C(/CC/C=C\C(F)=C(/C=C)C(=O)N1CCN(C(=O)C2CC2)CC1)C(/C=C\C)=C(C)C. The van der Waals surface area contributed by atoms with Crippen molar-refractivity contribution in [3.8, 4) is 0 Å². The van der Waals surface area contributed by atoms with Gasteiger partial charge in [-0.1, -0.05) is 43.0 Å². The molecule has 1 heterocycles. The lowest BCUT2D eigenvalue weighted by Gasteiger charge is -2.35. The first kappa shape index (κ1) is 27.0. The van der Waals surface area contributed by atoms with E-state index in [0.717, 1.165) is 29.7 Å². The normalized spacial score (nSPS) is 17.6. The number of nitrogens with one attached hydrogen (secondary N) is 1. The summed E-state index contributed by atoms with van der Waals surface area (Å²) in [6.07, 6.45) is 12.8. The molecule has 2 aliphatic rings. The van der Waals surface area contributed by atoms with Gasteiger partial charge < -0.3 is 9.80 Å². The van der Waals surface area contributed by atoms with Crippen molar-refractivity contribution in [2.24, 2.45) is 11.0 Å². The van der Waals surface area contributed by atoms with Crippen LogP contribution in [0, 0.1) is 5.92 Å². The predicted octanol–water partition coefficient (Wildman–Crippen LogP) is 4.81. The lowest BCUT2D eigenvalue weighted by molar-refractivity contribution is -0.138. The fourth-order valence-electron chi connectivity index (χ4n) is 3.76. The summed E-state index contributed by atoms with van der Waals surface area (Å²) in [5.41, 5.74) is 5.70. The first-order valence-corrected chi connectivity index (χ1v) is 11.8. The van der Waals surface area contributed by atoms with E-state index >= 15 is 0 Å². The second-order valence-electron chi connectivity index (χ2n) is 8.60. The van der Waals surface area contributed by atoms with Gasteiger partial charge in [-0.3, -0.25) is 15.0 Å². The number of allylic oxidation sites excluding steroid dienone is 7. The Kier molecular flexibility index (Phi) is 10.7. The minimum atomic E-state index is -0.616. The van der Waals surface area contributed by atoms with E-state index in [2.05, 4.69) is 23.7 Å². The van der Waals surface area contributed by atoms with Crippen LogP contribution >= 0.6 is 0 Å². The molecule has 0 radical (unpaired) electrons. The molecule has 2 amide bonds. The molecule has 0 aromatic rings. The van der Waals surface area contributed by atoms with Crippen molar-refractivity contribution >= 4 is 17.5 Å². The maximum absolute atomic E-state index is 14.9. The van der Waals surface area contributed by atoms with E-state index in [1.54, 1.807) is 11.0 Å². The molecule has 1 saturated carbocycles. The summed E-state index contributed by atoms with van der Waals surface area (Å²) in [7, 11) is 0. The molecule has 34 heavy (non-hydrogen) atoms. The minimum Gasteiger partial charge on any atom is -0.339 e. The van der Waals surface area contributed by atoms with Crippen LogP contribution in [0.15, 0.2) is 77.4 Å². The van der Waals surface area contributed by atoms with Crippen molar-refractivity contribution in [1.29, 1.82) is 0 Å². The molecule has 1 N–H and O–H groups in total. The molecule has 1 saturated heterocycles. The van der Waals surface area contributed by atoms with Crippen LogP contribution in [0.25, 0.3) is 0 Å². The van der Waals surface area contributed by atoms with E-state index in [1.807, 2.05) is 37.8 Å². The summed E-state index contributed by atoms with van der Waals surface area (Å²) < 4.78 is 14.9. The Morgan fingerprint density at radius 3 is 2.24 bits per heavy atom. The van der Waals surface area contributed by atoms with E-state index in [1.165, 1.54) is 18.4 Å². The molecule has 0 spiro atoms. The zero-order chi connectivity index (χ0) is 25.1. The van der Waals surface area contributed by atoms with Gasteiger partial charge in [0.15, 0.2) is 0 Å². The molecule has 6 nitrogen and oxygen atoms in total. The number of hydrogen-bond acceptors (Lipinski definition) is 4. The molecule has 1 aliphatic carbocycles. The highest BCUT2D eigenvalue weighted by Crippen LogP contribution is 2.31. The average Bonchev–Trinajstić information content (AvgIpc) is 3.68. The van der Waals surface area contributed by atoms with Gasteiger partial charge in [0.25, 0.3) is 5.91 Å². The Hall–Kier alpha value is -3.22. The number of amides is 2. The van der Waals surface area contributed by atoms with Gasteiger partial charge in [0.2, 0.25) is 5.91 Å². The summed E-state index contributed by atoms with van der Waals surface area (Å²) in [4.78, 5) is 28.5. The highest BCUT2D eigenvalue weighted by molar-refractivity contribution is 6.03. The maximum atomic E-state index is 14.9. The number of carbonyl (C=O) groups is 2. The van der Waals surface area contributed by atoms with Crippen molar-refractivity contribution in [3.63, 3.8) is 0 Å². The van der Waals surface area contributed by atoms with Gasteiger partial charge in [-0.2, -0.15) is 5.10 Å². The first-order chi connectivity index (χ1) is 16.3. The van der Waals surface area contributed by atoms with Gasteiger partial charge in [-0.05, 0) is 58.1 Å². The second kappa shape index (κ2) is 13.5. The van der Waals surface area contributed by atoms with Gasteiger partial charge >= 0.3 is 0 Å². The van der Waals surface area contributed by atoms with E-state index in [0.29, 0.717) is 39.0 Å². The minimum absolute atomic E-state index is 0.0562. The highest BCUT2D eigenvalue weighted by atomic mass is 19.1. The lowest BCUT2D eigenvalue weighted by Crippen LogP contribution is -2.51. The van der Waals surface area contributed by atoms with Gasteiger partial charge in [0, 0.05) is 38.3 Å². The number of nitrogens with zero attached hydrogens (tertiary/aromatic N) is 3. The van der Waals surface area contributed by atoms with Gasteiger partial charge in [-0.25, -0.2) is 4.39 Å². The summed E-state index contributed by atoms with van der Waals surface area (Å²) in [5.74, 6) is -0.668. The first-order valence-electron chi connectivity index (χ1n) is 11.8. The maximum Gasteiger partial charge on any atom is 0.256 e. The molecule has 0 atom stereocenters. The third-order valence-electron chi connectivity index (χ3n) is 5.78. The quantitative estimate of drug-likeness (QED) is 0.205. The van der Waals surface area contributed by atoms with E-state index in [4.69, 9.17) is 0 Å². The van der Waals surface area contributed by atoms with Crippen LogP contribution in [0.3, 0.4) is 0 Å². The van der Waals surface area contributed by atoms with Crippen LogP contribution in [-0.4, -0.2) is 53.5 Å². The van der Waals surface area contributed by atoms with E-state index < -0.39 is 11.7 Å². The van der Waals surface area contributed by atoms with E-state index in [9.17, 15) is 14.0 Å². The summed E-state index contributed by atoms with van der Waals surface area (Å²) in [6, 6.07) is 0. The predicted molar refractivity (Wildman–Crippen MR) is 137 cm³/mol. The number of rotatable bonds is 11. The smallest absolute Gasteiger partial charge is 0.256 e. The Bertz CT molecular complexity index is 926. The third kappa shape index (κ3) is 7.68. The number of hydrogen-bond donors (Lipinski definition) is 1. The molecular formula is C27H37FN4O2. The van der Waals surface area contributed by atoms with Crippen molar-refractivity contribution in [1.82, 2.24) is 15.2 Å². The second-order valence-corrected chi connectivity index (χ2v) is 8.60. The Labute approximate surface area is 203 Å². The molecule has 0 aromatic heterocycles. The van der Waals surface area contributed by atoms with Crippen LogP contribution in [0.5, 0.6) is 0 Å². The van der Waals surface area contributed by atoms with Gasteiger partial charge in [0.05, 0.1) is 11.3 Å². The van der Waals surface area contributed by atoms with Crippen LogP contribution in [0.4, 0.5) is 4.39 Å². The van der Waals surface area contributed by atoms with Crippen LogP contribution < -0.4 is 5.43 Å². The van der Waals surface area contributed by atoms with Crippen molar-refractivity contribution in [3.05, 3.63) is 72.3 Å². The summed E-state index contributed by atoms with van der Waals surface area (Å²) in [5, 5.41) is 4.37. The molecule has 0 bridgehead atoms.